The van der Waals surface area contributed by atoms with Gasteiger partial charge in [-0.3, -0.25) is 0 Å². The molecule has 0 radical (unpaired) electrons. The lowest BCUT2D eigenvalue weighted by Crippen LogP contribution is -2.21. The largest absolute Gasteiger partial charge is 0.508 e. The first-order valence-electron chi connectivity index (χ1n) is 7.58. The summed E-state index contributed by atoms with van der Waals surface area (Å²) in [5.74, 6) is 0.439. The summed E-state index contributed by atoms with van der Waals surface area (Å²) in [4.78, 5) is 0. The molecule has 1 heteroatoms. The summed E-state index contributed by atoms with van der Waals surface area (Å²) < 4.78 is 0. The van der Waals surface area contributed by atoms with E-state index in [2.05, 4.69) is 53.7 Å². The van der Waals surface area contributed by atoms with Crippen molar-refractivity contribution in [2.75, 3.05) is 0 Å². The lowest BCUT2D eigenvalue weighted by atomic mass is 9.75. The quantitative estimate of drug-likeness (QED) is 0.713. The van der Waals surface area contributed by atoms with E-state index in [1.807, 2.05) is 6.07 Å². The SMILES string of the molecule is CCCC(C)(C)c1ccc(O)c(C(C)(C)CCC)c1. The van der Waals surface area contributed by atoms with Crippen molar-refractivity contribution in [3.8, 4) is 5.75 Å². The third kappa shape index (κ3) is 3.75. The van der Waals surface area contributed by atoms with Crippen LogP contribution >= 0.6 is 0 Å². The molecule has 108 valence electrons. The van der Waals surface area contributed by atoms with Crippen LogP contribution in [0, 0.1) is 0 Å². The summed E-state index contributed by atoms with van der Waals surface area (Å²) in [6, 6.07) is 6.18. The molecule has 1 N–H and O–H groups in total. The maximum absolute atomic E-state index is 10.2. The fourth-order valence-electron chi connectivity index (χ4n) is 3.03. The molecule has 0 aliphatic carbocycles. The first-order valence-corrected chi connectivity index (χ1v) is 7.58. The maximum atomic E-state index is 10.2. The molecule has 19 heavy (non-hydrogen) atoms. The van der Waals surface area contributed by atoms with Gasteiger partial charge < -0.3 is 5.11 Å². The Hall–Kier alpha value is -0.980. The number of hydrogen-bond acceptors (Lipinski definition) is 1. The summed E-state index contributed by atoms with van der Waals surface area (Å²) in [5.41, 5.74) is 2.65. The van der Waals surface area contributed by atoms with Crippen LogP contribution in [-0.2, 0) is 10.8 Å². The molecule has 0 amide bonds. The average Bonchev–Trinajstić information content (AvgIpc) is 2.28. The van der Waals surface area contributed by atoms with Gasteiger partial charge in [0, 0.05) is 0 Å². The van der Waals surface area contributed by atoms with Crippen molar-refractivity contribution in [2.45, 2.75) is 78.1 Å². The molecule has 0 atom stereocenters. The van der Waals surface area contributed by atoms with Crippen molar-refractivity contribution in [1.29, 1.82) is 0 Å². The molecule has 0 saturated heterocycles. The van der Waals surface area contributed by atoms with Crippen molar-refractivity contribution in [2.24, 2.45) is 0 Å². The van der Waals surface area contributed by atoms with Gasteiger partial charge in [-0.25, -0.2) is 0 Å². The summed E-state index contributed by atoms with van der Waals surface area (Å²) in [5, 5.41) is 10.2. The Labute approximate surface area is 119 Å². The molecule has 0 aliphatic rings. The highest BCUT2D eigenvalue weighted by Gasteiger charge is 2.26. The Kier molecular flexibility index (Phi) is 5.06. The van der Waals surface area contributed by atoms with E-state index in [1.165, 1.54) is 18.4 Å². The second-order valence-electron chi connectivity index (χ2n) is 7.00. The molecule has 0 aliphatic heterocycles. The predicted octanol–water partition coefficient (Wildman–Crippen LogP) is 5.55. The van der Waals surface area contributed by atoms with Crippen molar-refractivity contribution < 1.29 is 5.11 Å². The van der Waals surface area contributed by atoms with E-state index < -0.39 is 0 Å². The second-order valence-corrected chi connectivity index (χ2v) is 7.00. The first-order chi connectivity index (χ1) is 8.74. The maximum Gasteiger partial charge on any atom is 0.119 e. The Morgan fingerprint density at radius 2 is 1.42 bits per heavy atom. The van der Waals surface area contributed by atoms with Gasteiger partial charge in [0.1, 0.15) is 5.75 Å². The number of benzene rings is 1. The van der Waals surface area contributed by atoms with Crippen molar-refractivity contribution in [3.05, 3.63) is 29.3 Å². The Morgan fingerprint density at radius 3 is 1.95 bits per heavy atom. The van der Waals surface area contributed by atoms with Crippen LogP contribution in [-0.4, -0.2) is 5.11 Å². The number of aromatic hydroxyl groups is 1. The lowest BCUT2D eigenvalue weighted by Gasteiger charge is -2.30. The third-order valence-electron chi connectivity index (χ3n) is 4.26. The summed E-state index contributed by atoms with van der Waals surface area (Å²) in [6.45, 7) is 13.5. The standard InChI is InChI=1S/C18H30O/c1-7-11-17(3,4)14-9-10-16(19)15(13-14)18(5,6)12-8-2/h9-10,13,19H,7-8,11-12H2,1-6H3. The predicted molar refractivity (Wildman–Crippen MR) is 84.0 cm³/mol. The number of phenols is 1. The molecule has 1 aromatic carbocycles. The highest BCUT2D eigenvalue weighted by molar-refractivity contribution is 5.43. The zero-order valence-corrected chi connectivity index (χ0v) is 13.5. The monoisotopic (exact) mass is 262 g/mol. The van der Waals surface area contributed by atoms with Crippen molar-refractivity contribution in [3.63, 3.8) is 0 Å². The summed E-state index contributed by atoms with van der Waals surface area (Å²) in [7, 11) is 0. The number of rotatable bonds is 6. The van der Waals surface area contributed by atoms with E-state index in [9.17, 15) is 5.11 Å². The van der Waals surface area contributed by atoms with Gasteiger partial charge in [0.15, 0.2) is 0 Å². The molecule has 0 fully saturated rings. The van der Waals surface area contributed by atoms with E-state index in [-0.39, 0.29) is 10.8 Å². The lowest BCUT2D eigenvalue weighted by molar-refractivity contribution is 0.412. The van der Waals surface area contributed by atoms with Crippen LogP contribution < -0.4 is 0 Å². The topological polar surface area (TPSA) is 20.2 Å². The van der Waals surface area contributed by atoms with E-state index in [1.54, 1.807) is 0 Å². The van der Waals surface area contributed by atoms with E-state index in [4.69, 9.17) is 0 Å². The van der Waals surface area contributed by atoms with Crippen molar-refractivity contribution >= 4 is 0 Å². The molecule has 0 heterocycles. The smallest absolute Gasteiger partial charge is 0.119 e. The van der Waals surface area contributed by atoms with Gasteiger partial charge in [-0.1, -0.05) is 66.5 Å². The minimum Gasteiger partial charge on any atom is -0.508 e. The number of phenolic OH excluding ortho intramolecular Hbond substituents is 1. The van der Waals surface area contributed by atoms with Crippen LogP contribution in [0.25, 0.3) is 0 Å². The van der Waals surface area contributed by atoms with Gasteiger partial charge in [-0.15, -0.1) is 0 Å². The minimum absolute atomic E-state index is 0.0388. The first kappa shape index (κ1) is 16.1. The summed E-state index contributed by atoms with van der Waals surface area (Å²) in [6.07, 6.45) is 4.58. The van der Waals surface area contributed by atoms with Gasteiger partial charge in [-0.05, 0) is 40.9 Å². The minimum atomic E-state index is 0.0388. The van der Waals surface area contributed by atoms with Crippen LogP contribution in [0.3, 0.4) is 0 Å². The molecule has 0 spiro atoms. The number of hydrogen-bond donors (Lipinski definition) is 1. The molecule has 0 unspecified atom stereocenters. The zero-order chi connectivity index (χ0) is 14.7. The average molecular weight is 262 g/mol. The van der Waals surface area contributed by atoms with Crippen LogP contribution in [0.15, 0.2) is 18.2 Å². The highest BCUT2D eigenvalue weighted by atomic mass is 16.3. The van der Waals surface area contributed by atoms with E-state index in [0.717, 1.165) is 18.4 Å². The Morgan fingerprint density at radius 1 is 0.895 bits per heavy atom. The molecular weight excluding hydrogens is 232 g/mol. The summed E-state index contributed by atoms with van der Waals surface area (Å²) >= 11 is 0. The fourth-order valence-corrected chi connectivity index (χ4v) is 3.03. The zero-order valence-electron chi connectivity index (χ0n) is 13.5. The van der Waals surface area contributed by atoms with Crippen LogP contribution in [0.5, 0.6) is 5.75 Å². The normalized spacial score (nSPS) is 12.7. The van der Waals surface area contributed by atoms with Crippen LogP contribution in [0.4, 0.5) is 0 Å². The van der Waals surface area contributed by atoms with E-state index >= 15 is 0 Å². The molecule has 1 rings (SSSR count). The van der Waals surface area contributed by atoms with Crippen LogP contribution in [0.2, 0.25) is 0 Å². The third-order valence-corrected chi connectivity index (χ3v) is 4.26. The van der Waals surface area contributed by atoms with Crippen LogP contribution in [0.1, 0.15) is 78.4 Å². The Bertz CT molecular complexity index is 416. The Balaban J connectivity index is 3.21. The molecule has 0 saturated carbocycles. The van der Waals surface area contributed by atoms with Gasteiger partial charge in [-0.2, -0.15) is 0 Å². The molecular formula is C18H30O. The molecule has 1 aromatic rings. The van der Waals surface area contributed by atoms with Gasteiger partial charge >= 0.3 is 0 Å². The van der Waals surface area contributed by atoms with Crippen molar-refractivity contribution in [1.82, 2.24) is 0 Å². The highest BCUT2D eigenvalue weighted by Crippen LogP contribution is 2.38. The van der Waals surface area contributed by atoms with E-state index in [0.29, 0.717) is 5.75 Å². The van der Waals surface area contributed by atoms with Gasteiger partial charge in [0.25, 0.3) is 0 Å². The molecule has 0 aromatic heterocycles. The fraction of sp³-hybridized carbons (Fsp3) is 0.667. The van der Waals surface area contributed by atoms with Gasteiger partial charge in [0.05, 0.1) is 0 Å². The van der Waals surface area contributed by atoms with Gasteiger partial charge in [0.2, 0.25) is 0 Å². The molecule has 1 nitrogen and oxygen atoms in total. The second kappa shape index (κ2) is 5.98. The molecule has 0 bridgehead atoms.